The fourth-order valence-electron chi connectivity index (χ4n) is 3.72. The third-order valence-corrected chi connectivity index (χ3v) is 5.72. The van der Waals surface area contributed by atoms with Crippen LogP contribution in [0.3, 0.4) is 0 Å². The van der Waals surface area contributed by atoms with Crippen molar-refractivity contribution in [2.24, 2.45) is 0 Å². The topological polar surface area (TPSA) is 85.3 Å². The van der Waals surface area contributed by atoms with E-state index in [-0.39, 0.29) is 39.1 Å². The van der Waals surface area contributed by atoms with Crippen molar-refractivity contribution in [2.45, 2.75) is 57.7 Å². The van der Waals surface area contributed by atoms with Crippen LogP contribution < -0.4 is 4.74 Å². The molecular weight excluding hydrogens is 503 g/mol. The number of aliphatic carboxylic acids is 1. The van der Waals surface area contributed by atoms with Crippen LogP contribution in [0.4, 0.5) is 18.0 Å². The quantitative estimate of drug-likeness (QED) is 0.252. The molecule has 2 rings (SSSR count). The number of nitrogens with zero attached hydrogens (tertiary/aromatic N) is 1. The van der Waals surface area contributed by atoms with Crippen LogP contribution in [0.25, 0.3) is 0 Å². The Morgan fingerprint density at radius 3 is 2.26 bits per heavy atom. The van der Waals surface area contributed by atoms with Crippen molar-refractivity contribution in [3.63, 3.8) is 0 Å². The first-order chi connectivity index (χ1) is 18.2. The number of benzene rings is 2. The molecule has 7 nitrogen and oxygen atoms in total. The highest BCUT2D eigenvalue weighted by Crippen LogP contribution is 2.22. The molecule has 2 aromatic carbocycles. The number of alkyl halides is 3. The molecule has 210 valence electrons. The van der Waals surface area contributed by atoms with E-state index in [0.717, 1.165) is 11.1 Å². The number of amides is 1. The maximum Gasteiger partial charge on any atom is 0.409 e. The van der Waals surface area contributed by atoms with E-state index in [1.54, 1.807) is 31.2 Å². The summed E-state index contributed by atoms with van der Waals surface area (Å²) in [6.45, 7) is 2.85. The molecule has 0 heterocycles. The SMILES string of the molecule is CCOC(Cc1ccc(OCCN(CCCCCC(F)(F)F)C(=O)OCCc2ccccc2)cc1)C(=O)O. The summed E-state index contributed by atoms with van der Waals surface area (Å²) in [5.41, 5.74) is 1.81. The molecule has 1 atom stereocenters. The smallest absolute Gasteiger partial charge is 0.409 e. The number of halogens is 3. The highest BCUT2D eigenvalue weighted by molar-refractivity contribution is 5.72. The summed E-state index contributed by atoms with van der Waals surface area (Å²) in [6.07, 6.45) is -4.94. The number of hydrogen-bond donors (Lipinski definition) is 1. The lowest BCUT2D eigenvalue weighted by molar-refractivity contribution is -0.150. The normalized spacial score (nSPS) is 12.1. The molecule has 0 radical (unpaired) electrons. The summed E-state index contributed by atoms with van der Waals surface area (Å²) in [6, 6.07) is 16.5. The van der Waals surface area contributed by atoms with Gasteiger partial charge in [0.1, 0.15) is 12.4 Å². The Morgan fingerprint density at radius 2 is 1.63 bits per heavy atom. The average molecular weight is 540 g/mol. The van der Waals surface area contributed by atoms with Gasteiger partial charge in [0.25, 0.3) is 0 Å². The van der Waals surface area contributed by atoms with Crippen molar-refractivity contribution >= 4 is 12.1 Å². The first-order valence-electron chi connectivity index (χ1n) is 12.8. The first-order valence-corrected chi connectivity index (χ1v) is 12.8. The Morgan fingerprint density at radius 1 is 0.921 bits per heavy atom. The molecule has 0 saturated heterocycles. The van der Waals surface area contributed by atoms with Crippen LogP contribution in [0.5, 0.6) is 5.75 Å². The molecule has 0 aliphatic heterocycles. The summed E-state index contributed by atoms with van der Waals surface area (Å²) < 4.78 is 53.6. The number of carboxylic acid groups (broad SMARTS) is 1. The second kappa shape index (κ2) is 16.5. The predicted octanol–water partition coefficient (Wildman–Crippen LogP) is 5.90. The van der Waals surface area contributed by atoms with Crippen LogP contribution >= 0.6 is 0 Å². The lowest BCUT2D eigenvalue weighted by Gasteiger charge is -2.22. The minimum Gasteiger partial charge on any atom is -0.492 e. The van der Waals surface area contributed by atoms with E-state index in [4.69, 9.17) is 14.2 Å². The fraction of sp³-hybridized carbons (Fsp3) is 0.500. The van der Waals surface area contributed by atoms with Crippen LogP contribution in [-0.2, 0) is 27.1 Å². The Kier molecular flexibility index (Phi) is 13.5. The lowest BCUT2D eigenvalue weighted by atomic mass is 10.1. The lowest BCUT2D eigenvalue weighted by Crippen LogP contribution is -2.36. The molecule has 0 aliphatic carbocycles. The number of unbranched alkanes of at least 4 members (excludes halogenated alkanes) is 2. The molecular formula is C28H36F3NO6. The van der Waals surface area contributed by atoms with Gasteiger partial charge in [-0.3, -0.25) is 0 Å². The molecule has 10 heteroatoms. The van der Waals surface area contributed by atoms with E-state index in [1.165, 1.54) is 4.90 Å². The van der Waals surface area contributed by atoms with Gasteiger partial charge >= 0.3 is 18.2 Å². The second-order valence-electron chi connectivity index (χ2n) is 8.74. The van der Waals surface area contributed by atoms with Crippen LogP contribution in [0.1, 0.15) is 43.7 Å². The standard InChI is InChI=1S/C28H36F3NO6/c1-2-36-25(26(33)34)21-23-11-13-24(14-12-23)37-20-18-32(17-8-4-7-16-28(29,30)31)27(35)38-19-15-22-9-5-3-6-10-22/h3,5-6,9-14,25H,2,4,7-8,15-21H2,1H3,(H,33,34). The van der Waals surface area contributed by atoms with Crippen LogP contribution in [0.15, 0.2) is 54.6 Å². The zero-order chi connectivity index (χ0) is 27.8. The first kappa shape index (κ1) is 31.0. The largest absolute Gasteiger partial charge is 0.492 e. The van der Waals surface area contributed by atoms with Crippen LogP contribution in [0.2, 0.25) is 0 Å². The number of hydrogen-bond acceptors (Lipinski definition) is 5. The van der Waals surface area contributed by atoms with Crippen molar-refractivity contribution in [1.82, 2.24) is 4.90 Å². The molecule has 1 amide bonds. The van der Waals surface area contributed by atoms with E-state index in [1.807, 2.05) is 30.3 Å². The van der Waals surface area contributed by atoms with Crippen LogP contribution in [-0.4, -0.2) is 67.3 Å². The molecule has 0 aliphatic rings. The molecule has 2 aromatic rings. The van der Waals surface area contributed by atoms with Crippen molar-refractivity contribution in [2.75, 3.05) is 32.9 Å². The monoisotopic (exact) mass is 539 g/mol. The Bertz CT molecular complexity index is 953. The Balaban J connectivity index is 1.85. The molecule has 0 spiro atoms. The summed E-state index contributed by atoms with van der Waals surface area (Å²) in [7, 11) is 0. The van der Waals surface area contributed by atoms with E-state index < -0.39 is 30.8 Å². The highest BCUT2D eigenvalue weighted by atomic mass is 19.4. The van der Waals surface area contributed by atoms with Gasteiger partial charge in [-0.05, 0) is 43.0 Å². The number of carbonyl (C=O) groups is 2. The summed E-state index contributed by atoms with van der Waals surface area (Å²) >= 11 is 0. The van der Waals surface area contributed by atoms with Gasteiger partial charge in [-0.25, -0.2) is 9.59 Å². The van der Waals surface area contributed by atoms with Crippen molar-refractivity contribution in [1.29, 1.82) is 0 Å². The van der Waals surface area contributed by atoms with E-state index >= 15 is 0 Å². The van der Waals surface area contributed by atoms with Gasteiger partial charge in [0.2, 0.25) is 0 Å². The molecule has 0 fully saturated rings. The number of ether oxygens (including phenoxy) is 3. The van der Waals surface area contributed by atoms with Gasteiger partial charge in [0, 0.05) is 32.4 Å². The minimum atomic E-state index is -4.18. The van der Waals surface area contributed by atoms with Gasteiger partial charge in [-0.1, -0.05) is 48.9 Å². The summed E-state index contributed by atoms with van der Waals surface area (Å²) in [5, 5.41) is 9.23. The Hall–Kier alpha value is -3.27. The van der Waals surface area contributed by atoms with Crippen LogP contribution in [0, 0.1) is 0 Å². The molecule has 1 N–H and O–H groups in total. The van der Waals surface area contributed by atoms with E-state index in [9.17, 15) is 27.9 Å². The number of carboxylic acids is 1. The van der Waals surface area contributed by atoms with Gasteiger partial charge in [0.05, 0.1) is 13.2 Å². The van der Waals surface area contributed by atoms with Gasteiger partial charge in [-0.2, -0.15) is 13.2 Å². The van der Waals surface area contributed by atoms with Gasteiger partial charge < -0.3 is 24.2 Å². The average Bonchev–Trinajstić information content (AvgIpc) is 2.88. The van der Waals surface area contributed by atoms with Gasteiger partial charge in [-0.15, -0.1) is 0 Å². The Labute approximate surface area is 221 Å². The molecule has 1 unspecified atom stereocenters. The second-order valence-corrected chi connectivity index (χ2v) is 8.74. The van der Waals surface area contributed by atoms with E-state index in [2.05, 4.69) is 0 Å². The third-order valence-electron chi connectivity index (χ3n) is 5.72. The number of carbonyl (C=O) groups excluding carboxylic acids is 1. The number of rotatable bonds is 17. The molecule has 0 aromatic heterocycles. The molecule has 0 bridgehead atoms. The predicted molar refractivity (Wildman–Crippen MR) is 136 cm³/mol. The maximum atomic E-state index is 12.7. The maximum absolute atomic E-state index is 12.7. The zero-order valence-corrected chi connectivity index (χ0v) is 21.6. The third kappa shape index (κ3) is 12.8. The summed E-state index contributed by atoms with van der Waals surface area (Å²) in [5.74, 6) is -0.485. The van der Waals surface area contributed by atoms with Crippen molar-refractivity contribution in [3.8, 4) is 5.75 Å². The van der Waals surface area contributed by atoms with Crippen molar-refractivity contribution < 1.29 is 42.1 Å². The summed E-state index contributed by atoms with van der Waals surface area (Å²) in [4.78, 5) is 25.4. The van der Waals surface area contributed by atoms with Gasteiger partial charge in [0.15, 0.2) is 6.10 Å². The van der Waals surface area contributed by atoms with Crippen molar-refractivity contribution in [3.05, 3.63) is 65.7 Å². The minimum absolute atomic E-state index is 0.00920. The molecule has 0 saturated carbocycles. The fourth-order valence-corrected chi connectivity index (χ4v) is 3.72. The molecule has 38 heavy (non-hydrogen) atoms. The highest BCUT2D eigenvalue weighted by Gasteiger charge is 2.26. The zero-order valence-electron chi connectivity index (χ0n) is 21.6. The van der Waals surface area contributed by atoms with E-state index in [0.29, 0.717) is 31.6 Å².